The average Bonchev–Trinajstić information content (AvgIpc) is 2.83. The number of carbonyl (C=O) groups excluding carboxylic acids is 1. The molecule has 0 bridgehead atoms. The van der Waals surface area contributed by atoms with E-state index in [1.807, 2.05) is 26.0 Å². The summed E-state index contributed by atoms with van der Waals surface area (Å²) in [6, 6.07) is 3.98. The average molecular weight is 355 g/mol. The van der Waals surface area contributed by atoms with E-state index in [-0.39, 0.29) is 5.91 Å². The van der Waals surface area contributed by atoms with Gasteiger partial charge in [0.25, 0.3) is 0 Å². The molecular formula is C15H19BrN2OS. The van der Waals surface area contributed by atoms with E-state index in [2.05, 4.69) is 21.2 Å². The summed E-state index contributed by atoms with van der Waals surface area (Å²) in [5.41, 5.74) is 8.10. The van der Waals surface area contributed by atoms with Gasteiger partial charge < -0.3 is 11.1 Å². The number of amides is 1. The van der Waals surface area contributed by atoms with Crippen LogP contribution in [0.2, 0.25) is 0 Å². The Kier molecular flexibility index (Phi) is 4.49. The van der Waals surface area contributed by atoms with Crippen LogP contribution in [-0.4, -0.2) is 10.9 Å². The minimum atomic E-state index is -0.665. The molecule has 3 nitrogen and oxygen atoms in total. The fourth-order valence-corrected chi connectivity index (χ4v) is 3.89. The van der Waals surface area contributed by atoms with Crippen LogP contribution in [0.5, 0.6) is 0 Å². The number of nitrogens with two attached hydrogens (primary N) is 1. The SMILES string of the molecule is Cc1cc(Br)cc(C)c1NC(=O)C1(C(N)=S)CCCC1. The van der Waals surface area contributed by atoms with E-state index in [1.165, 1.54) is 0 Å². The molecule has 1 saturated carbocycles. The van der Waals surface area contributed by atoms with Gasteiger partial charge in [-0.25, -0.2) is 0 Å². The molecule has 1 aliphatic carbocycles. The molecule has 3 N–H and O–H groups in total. The van der Waals surface area contributed by atoms with Gasteiger partial charge in [-0.3, -0.25) is 4.79 Å². The Morgan fingerprint density at radius 3 is 2.25 bits per heavy atom. The van der Waals surface area contributed by atoms with Crippen molar-refractivity contribution < 1.29 is 4.79 Å². The first kappa shape index (κ1) is 15.4. The van der Waals surface area contributed by atoms with Crippen LogP contribution >= 0.6 is 28.1 Å². The van der Waals surface area contributed by atoms with E-state index in [0.717, 1.165) is 47.0 Å². The Hall–Kier alpha value is -0.940. The number of thiocarbonyl (C=S) groups is 1. The highest BCUT2D eigenvalue weighted by molar-refractivity contribution is 9.10. The standard InChI is InChI=1S/C15H19BrN2OS/c1-9-7-11(16)8-10(2)12(9)18-14(19)15(13(17)20)5-3-4-6-15/h7-8H,3-6H2,1-2H3,(H2,17,20)(H,18,19). The van der Waals surface area contributed by atoms with Crippen LogP contribution in [-0.2, 0) is 4.79 Å². The highest BCUT2D eigenvalue weighted by Gasteiger charge is 2.44. The fourth-order valence-electron chi connectivity index (χ4n) is 2.90. The molecule has 2 rings (SSSR count). The van der Waals surface area contributed by atoms with Crippen LogP contribution in [0.3, 0.4) is 0 Å². The first-order chi connectivity index (χ1) is 9.36. The lowest BCUT2D eigenvalue weighted by atomic mass is 9.85. The lowest BCUT2D eigenvalue weighted by Crippen LogP contribution is -2.44. The van der Waals surface area contributed by atoms with Crippen LogP contribution in [0.1, 0.15) is 36.8 Å². The van der Waals surface area contributed by atoms with Crippen molar-refractivity contribution in [2.75, 3.05) is 5.32 Å². The van der Waals surface area contributed by atoms with Crippen molar-refractivity contribution in [1.82, 2.24) is 0 Å². The molecule has 0 radical (unpaired) electrons. The van der Waals surface area contributed by atoms with Gasteiger partial charge in [0, 0.05) is 10.2 Å². The normalized spacial score (nSPS) is 16.9. The summed E-state index contributed by atoms with van der Waals surface area (Å²) in [7, 11) is 0. The molecule has 1 amide bonds. The number of aryl methyl sites for hydroxylation is 2. The minimum absolute atomic E-state index is 0.0592. The zero-order valence-corrected chi connectivity index (χ0v) is 14.2. The van der Waals surface area contributed by atoms with E-state index in [1.54, 1.807) is 0 Å². The van der Waals surface area contributed by atoms with Crippen LogP contribution in [0.15, 0.2) is 16.6 Å². The van der Waals surface area contributed by atoms with Crippen molar-refractivity contribution in [3.8, 4) is 0 Å². The number of carbonyl (C=O) groups is 1. The lowest BCUT2D eigenvalue weighted by Gasteiger charge is -2.27. The van der Waals surface area contributed by atoms with E-state index in [0.29, 0.717) is 4.99 Å². The molecule has 0 spiro atoms. The quantitative estimate of drug-likeness (QED) is 0.810. The van der Waals surface area contributed by atoms with Crippen LogP contribution in [0, 0.1) is 19.3 Å². The molecule has 108 valence electrons. The topological polar surface area (TPSA) is 55.1 Å². The zero-order chi connectivity index (χ0) is 14.9. The summed E-state index contributed by atoms with van der Waals surface area (Å²) in [6.07, 6.45) is 3.51. The third-order valence-electron chi connectivity index (χ3n) is 4.10. The maximum atomic E-state index is 12.7. The van der Waals surface area contributed by atoms with Crippen molar-refractivity contribution in [3.05, 3.63) is 27.7 Å². The number of rotatable bonds is 3. The number of benzene rings is 1. The molecule has 1 aromatic carbocycles. The van der Waals surface area contributed by atoms with Crippen molar-refractivity contribution in [2.24, 2.45) is 11.1 Å². The van der Waals surface area contributed by atoms with Gasteiger partial charge in [0.15, 0.2) is 0 Å². The summed E-state index contributed by atoms with van der Waals surface area (Å²) in [4.78, 5) is 13.0. The zero-order valence-electron chi connectivity index (χ0n) is 11.8. The second-order valence-corrected chi connectivity index (χ2v) is 6.88. The van der Waals surface area contributed by atoms with Crippen molar-refractivity contribution in [2.45, 2.75) is 39.5 Å². The van der Waals surface area contributed by atoms with Gasteiger partial charge in [0.1, 0.15) is 0 Å². The Morgan fingerprint density at radius 2 is 1.80 bits per heavy atom. The summed E-state index contributed by atoms with van der Waals surface area (Å²) in [5.74, 6) is -0.0592. The van der Waals surface area contributed by atoms with Crippen LogP contribution in [0.25, 0.3) is 0 Å². The number of hydrogen-bond acceptors (Lipinski definition) is 2. The Morgan fingerprint density at radius 1 is 1.30 bits per heavy atom. The molecule has 0 aromatic heterocycles. The van der Waals surface area contributed by atoms with Gasteiger partial charge in [0.2, 0.25) is 5.91 Å². The van der Waals surface area contributed by atoms with E-state index in [9.17, 15) is 4.79 Å². The Bertz CT molecular complexity index is 542. The number of hydrogen-bond donors (Lipinski definition) is 2. The van der Waals surface area contributed by atoms with E-state index >= 15 is 0 Å². The van der Waals surface area contributed by atoms with Gasteiger partial charge in [-0.2, -0.15) is 0 Å². The first-order valence-electron chi connectivity index (χ1n) is 6.75. The fraction of sp³-hybridized carbons (Fsp3) is 0.467. The van der Waals surface area contributed by atoms with Gasteiger partial charge in [-0.15, -0.1) is 0 Å². The van der Waals surface area contributed by atoms with Crippen LogP contribution in [0.4, 0.5) is 5.69 Å². The second-order valence-electron chi connectivity index (χ2n) is 5.52. The summed E-state index contributed by atoms with van der Waals surface area (Å²) >= 11 is 8.62. The molecule has 1 aliphatic rings. The molecule has 1 fully saturated rings. The van der Waals surface area contributed by atoms with Gasteiger partial charge in [-0.1, -0.05) is 41.0 Å². The van der Waals surface area contributed by atoms with Crippen LogP contribution < -0.4 is 11.1 Å². The molecule has 0 aliphatic heterocycles. The number of nitrogens with one attached hydrogen (secondary N) is 1. The second kappa shape index (κ2) is 5.82. The Labute approximate surface area is 133 Å². The molecule has 0 atom stereocenters. The molecule has 5 heteroatoms. The third kappa shape index (κ3) is 2.74. The summed E-state index contributed by atoms with van der Waals surface area (Å²) in [6.45, 7) is 3.96. The number of anilines is 1. The maximum Gasteiger partial charge on any atom is 0.237 e. The maximum absolute atomic E-state index is 12.7. The van der Waals surface area contributed by atoms with Gasteiger partial charge >= 0.3 is 0 Å². The van der Waals surface area contributed by atoms with Crippen molar-refractivity contribution in [3.63, 3.8) is 0 Å². The van der Waals surface area contributed by atoms with Gasteiger partial charge in [0.05, 0.1) is 10.4 Å². The summed E-state index contributed by atoms with van der Waals surface area (Å²) < 4.78 is 1.01. The van der Waals surface area contributed by atoms with Crippen molar-refractivity contribution >= 4 is 44.7 Å². The summed E-state index contributed by atoms with van der Waals surface area (Å²) in [5, 5.41) is 3.04. The predicted octanol–water partition coefficient (Wildman–Crippen LogP) is 3.85. The third-order valence-corrected chi connectivity index (χ3v) is 4.95. The smallest absolute Gasteiger partial charge is 0.237 e. The minimum Gasteiger partial charge on any atom is -0.392 e. The molecule has 0 saturated heterocycles. The monoisotopic (exact) mass is 354 g/mol. The lowest BCUT2D eigenvalue weighted by molar-refractivity contribution is -0.122. The highest BCUT2D eigenvalue weighted by Crippen LogP contribution is 2.40. The first-order valence-corrected chi connectivity index (χ1v) is 7.95. The molecule has 0 unspecified atom stereocenters. The predicted molar refractivity (Wildman–Crippen MR) is 89.9 cm³/mol. The van der Waals surface area contributed by atoms with Gasteiger partial charge in [-0.05, 0) is 49.9 Å². The van der Waals surface area contributed by atoms with Crippen molar-refractivity contribution in [1.29, 1.82) is 0 Å². The molecular weight excluding hydrogens is 336 g/mol. The molecule has 20 heavy (non-hydrogen) atoms. The number of halogens is 1. The van der Waals surface area contributed by atoms with E-state index in [4.69, 9.17) is 18.0 Å². The molecule has 1 aromatic rings. The largest absolute Gasteiger partial charge is 0.392 e. The highest BCUT2D eigenvalue weighted by atomic mass is 79.9. The van der Waals surface area contributed by atoms with E-state index < -0.39 is 5.41 Å². The Balaban J connectivity index is 2.30. The molecule has 0 heterocycles.